The Morgan fingerprint density at radius 1 is 1.21 bits per heavy atom. The lowest BCUT2D eigenvalue weighted by Crippen LogP contribution is -2.43. The van der Waals surface area contributed by atoms with Crippen LogP contribution in [0.3, 0.4) is 0 Å². The van der Waals surface area contributed by atoms with E-state index < -0.39 is 0 Å². The smallest absolute Gasteiger partial charge is 0.338 e. The Morgan fingerprint density at radius 3 is 2.55 bits per heavy atom. The van der Waals surface area contributed by atoms with Crippen LogP contribution in [0.15, 0.2) is 29.4 Å². The molecule has 0 unspecified atom stereocenters. The molecule has 29 heavy (non-hydrogen) atoms. The molecule has 0 bridgehead atoms. The second-order valence-electron chi connectivity index (χ2n) is 8.11. The fraction of sp³-hybridized carbons (Fsp3) is 0.522. The third-order valence-electron chi connectivity index (χ3n) is 6.38. The molecule has 2 aromatic rings. The molecule has 156 valence electrons. The molecule has 0 spiro atoms. The molecule has 0 radical (unpaired) electrons. The van der Waals surface area contributed by atoms with Crippen molar-refractivity contribution < 1.29 is 9.53 Å². The van der Waals surface area contributed by atoms with Gasteiger partial charge in [-0.3, -0.25) is 0 Å². The molecule has 2 saturated heterocycles. The Labute approximate surface area is 181 Å². The van der Waals surface area contributed by atoms with E-state index in [1.807, 2.05) is 26.0 Å². The summed E-state index contributed by atoms with van der Waals surface area (Å²) in [6, 6.07) is 4.64. The zero-order chi connectivity index (χ0) is 20.5. The molecule has 2 aliphatic heterocycles. The van der Waals surface area contributed by atoms with E-state index >= 15 is 0 Å². The molecule has 2 aliphatic rings. The number of aromatic nitrogens is 1. The highest BCUT2D eigenvalue weighted by molar-refractivity contribution is 9.10. The average Bonchev–Trinajstić information content (AvgIpc) is 3.36. The zero-order valence-electron chi connectivity index (χ0n) is 17.4. The number of fused-ring (bicyclic) bond motifs is 1. The fourth-order valence-corrected chi connectivity index (χ4v) is 5.29. The van der Waals surface area contributed by atoms with E-state index in [1.165, 1.54) is 38.8 Å². The summed E-state index contributed by atoms with van der Waals surface area (Å²) in [7, 11) is 0. The van der Waals surface area contributed by atoms with E-state index in [1.54, 1.807) is 0 Å². The van der Waals surface area contributed by atoms with Crippen molar-refractivity contribution in [2.75, 3.05) is 32.8 Å². The number of hydrogen-bond acceptors (Lipinski definition) is 4. The molecule has 0 amide bonds. The highest BCUT2D eigenvalue weighted by atomic mass is 79.9. The molecule has 0 N–H and O–H groups in total. The molecule has 0 saturated carbocycles. The minimum Gasteiger partial charge on any atom is -0.462 e. The summed E-state index contributed by atoms with van der Waals surface area (Å²) < 4.78 is 8.43. The lowest BCUT2D eigenvalue weighted by molar-refractivity contribution is 0.0525. The number of pyridine rings is 1. The van der Waals surface area contributed by atoms with Crippen molar-refractivity contribution in [1.82, 2.24) is 14.2 Å². The van der Waals surface area contributed by atoms with Crippen LogP contribution >= 0.6 is 15.9 Å². The van der Waals surface area contributed by atoms with E-state index in [-0.39, 0.29) is 5.97 Å². The lowest BCUT2D eigenvalue weighted by Gasteiger charge is -2.39. The summed E-state index contributed by atoms with van der Waals surface area (Å²) in [6.45, 7) is 13.2. The van der Waals surface area contributed by atoms with E-state index in [2.05, 4.69) is 42.9 Å². The number of rotatable bonds is 5. The van der Waals surface area contributed by atoms with Gasteiger partial charge in [-0.1, -0.05) is 6.58 Å². The van der Waals surface area contributed by atoms with Gasteiger partial charge in [0.1, 0.15) is 0 Å². The summed E-state index contributed by atoms with van der Waals surface area (Å²) in [5.41, 5.74) is 4.49. The number of likely N-dealkylation sites (tertiary alicyclic amines) is 2. The van der Waals surface area contributed by atoms with Crippen LogP contribution in [0.5, 0.6) is 0 Å². The Morgan fingerprint density at radius 2 is 1.90 bits per heavy atom. The molecule has 0 aliphatic carbocycles. The molecule has 4 rings (SSSR count). The van der Waals surface area contributed by atoms with Crippen molar-refractivity contribution in [1.29, 1.82) is 0 Å². The minimum atomic E-state index is -0.272. The summed E-state index contributed by atoms with van der Waals surface area (Å²) in [5, 5.41) is 0. The highest BCUT2D eigenvalue weighted by Crippen LogP contribution is 2.31. The number of esters is 1. The van der Waals surface area contributed by atoms with Crippen LogP contribution in [0.4, 0.5) is 0 Å². The van der Waals surface area contributed by atoms with Crippen molar-refractivity contribution in [3.05, 3.63) is 46.2 Å². The van der Waals surface area contributed by atoms with Gasteiger partial charge in [-0.2, -0.15) is 0 Å². The predicted octanol–water partition coefficient (Wildman–Crippen LogP) is 4.72. The SMILES string of the molecule is C=C(c1c(C)c(C(=O)OCC)cc2cc(Br)cn12)N1CCC(N2CCCC2)CC1. The summed E-state index contributed by atoms with van der Waals surface area (Å²) in [6.07, 6.45) is 7.08. The normalized spacial score (nSPS) is 18.5. The number of carbonyl (C=O) groups excluding carboxylic acids is 1. The maximum absolute atomic E-state index is 12.6. The monoisotopic (exact) mass is 459 g/mol. The molecule has 2 fully saturated rings. The number of halogens is 1. The topological polar surface area (TPSA) is 37.2 Å². The van der Waals surface area contributed by atoms with Crippen molar-refractivity contribution >= 4 is 33.1 Å². The second-order valence-corrected chi connectivity index (χ2v) is 9.03. The van der Waals surface area contributed by atoms with Gasteiger partial charge in [0.15, 0.2) is 0 Å². The minimum absolute atomic E-state index is 0.272. The van der Waals surface area contributed by atoms with Gasteiger partial charge >= 0.3 is 5.97 Å². The molecule has 4 heterocycles. The van der Waals surface area contributed by atoms with Crippen LogP contribution < -0.4 is 0 Å². The van der Waals surface area contributed by atoms with E-state index in [0.29, 0.717) is 18.2 Å². The van der Waals surface area contributed by atoms with Crippen LogP contribution in [-0.4, -0.2) is 59.0 Å². The Bertz CT molecular complexity index is 922. The van der Waals surface area contributed by atoms with Gasteiger partial charge in [-0.05, 0) is 86.2 Å². The van der Waals surface area contributed by atoms with Crippen LogP contribution in [0.1, 0.15) is 54.2 Å². The third-order valence-corrected chi connectivity index (χ3v) is 6.81. The average molecular weight is 460 g/mol. The summed E-state index contributed by atoms with van der Waals surface area (Å²) in [5.74, 6) is -0.272. The van der Waals surface area contributed by atoms with Gasteiger partial charge < -0.3 is 18.9 Å². The largest absolute Gasteiger partial charge is 0.462 e. The van der Waals surface area contributed by atoms with Gasteiger partial charge in [0.2, 0.25) is 0 Å². The van der Waals surface area contributed by atoms with Gasteiger partial charge in [0.05, 0.1) is 23.6 Å². The van der Waals surface area contributed by atoms with E-state index in [4.69, 9.17) is 4.74 Å². The number of ether oxygens (including phenoxy) is 1. The van der Waals surface area contributed by atoms with Crippen LogP contribution in [0.25, 0.3) is 11.2 Å². The second kappa shape index (κ2) is 8.52. The molecule has 2 aromatic heterocycles. The van der Waals surface area contributed by atoms with Crippen molar-refractivity contribution in [3.63, 3.8) is 0 Å². The summed E-state index contributed by atoms with van der Waals surface area (Å²) >= 11 is 3.58. The zero-order valence-corrected chi connectivity index (χ0v) is 19.0. The molecule has 0 atom stereocenters. The first-order valence-corrected chi connectivity index (χ1v) is 11.5. The maximum atomic E-state index is 12.6. The predicted molar refractivity (Wildman–Crippen MR) is 120 cm³/mol. The first-order chi connectivity index (χ1) is 14.0. The lowest BCUT2D eigenvalue weighted by atomic mass is 10.00. The quantitative estimate of drug-likeness (QED) is 0.606. The van der Waals surface area contributed by atoms with Crippen LogP contribution in [-0.2, 0) is 4.74 Å². The van der Waals surface area contributed by atoms with Crippen molar-refractivity contribution in [3.8, 4) is 0 Å². The Hall–Kier alpha value is -1.79. The number of piperidine rings is 1. The first kappa shape index (κ1) is 20.5. The first-order valence-electron chi connectivity index (χ1n) is 10.7. The fourth-order valence-electron chi connectivity index (χ4n) is 4.85. The molecule has 0 aromatic carbocycles. The Kier molecular flexibility index (Phi) is 6.02. The highest BCUT2D eigenvalue weighted by Gasteiger charge is 2.28. The van der Waals surface area contributed by atoms with E-state index in [9.17, 15) is 4.79 Å². The maximum Gasteiger partial charge on any atom is 0.338 e. The molecular weight excluding hydrogens is 430 g/mol. The van der Waals surface area contributed by atoms with Crippen molar-refractivity contribution in [2.24, 2.45) is 0 Å². The number of hydrogen-bond donors (Lipinski definition) is 0. The van der Waals surface area contributed by atoms with Gasteiger partial charge in [0.25, 0.3) is 0 Å². The van der Waals surface area contributed by atoms with Crippen LogP contribution in [0, 0.1) is 6.92 Å². The summed E-state index contributed by atoms with van der Waals surface area (Å²) in [4.78, 5) is 17.6. The Balaban J connectivity index is 1.63. The van der Waals surface area contributed by atoms with Crippen molar-refractivity contribution in [2.45, 2.75) is 45.6 Å². The standard InChI is InChI=1S/C23H30BrN3O2/c1-4-29-23(28)21-14-20-13-18(24)15-27(20)22(16(21)2)17(3)25-11-7-19(8-12-25)26-9-5-6-10-26/h13-15,19H,3-12H2,1-2H3. The third kappa shape index (κ3) is 3.97. The molecular formula is C23H30BrN3O2. The number of carbonyl (C=O) groups is 1. The molecule has 6 heteroatoms. The van der Waals surface area contributed by atoms with Gasteiger partial charge in [-0.25, -0.2) is 4.79 Å². The molecule has 5 nitrogen and oxygen atoms in total. The van der Waals surface area contributed by atoms with E-state index in [0.717, 1.165) is 40.0 Å². The van der Waals surface area contributed by atoms with Gasteiger partial charge in [0, 0.05) is 35.3 Å². The van der Waals surface area contributed by atoms with Gasteiger partial charge in [-0.15, -0.1) is 0 Å². The number of nitrogens with zero attached hydrogens (tertiary/aromatic N) is 3. The van der Waals surface area contributed by atoms with Crippen LogP contribution in [0.2, 0.25) is 0 Å².